The fourth-order valence-corrected chi connectivity index (χ4v) is 2.75. The maximum atomic E-state index is 12.1. The van der Waals surface area contributed by atoms with E-state index in [-0.39, 0.29) is 6.03 Å². The van der Waals surface area contributed by atoms with Crippen molar-refractivity contribution in [1.82, 2.24) is 5.32 Å². The van der Waals surface area contributed by atoms with E-state index < -0.39 is 5.54 Å². The first kappa shape index (κ1) is 14.6. The number of urea groups is 1. The Morgan fingerprint density at radius 2 is 2.10 bits per heavy atom. The minimum atomic E-state index is -0.543. The average Bonchev–Trinajstić information content (AvgIpc) is 2.88. The smallest absolute Gasteiger partial charge is 0.320 e. The number of hydrogen-bond acceptors (Lipinski definition) is 3. The molecule has 0 radical (unpaired) electrons. The van der Waals surface area contributed by atoms with Crippen LogP contribution in [0.15, 0.2) is 24.3 Å². The third-order valence-corrected chi connectivity index (χ3v) is 4.00. The fraction of sp³-hybridized carbons (Fsp3) is 0.429. The highest BCUT2D eigenvalue weighted by Gasteiger charge is 2.38. The van der Waals surface area contributed by atoms with Crippen LogP contribution < -0.4 is 21.1 Å². The Hall–Kier alpha value is -1.82. The Bertz CT molecular complexity index is 513. The Morgan fingerprint density at radius 1 is 1.40 bits per heavy atom. The molecule has 2 rings (SSSR count). The summed E-state index contributed by atoms with van der Waals surface area (Å²) in [4.78, 5) is 12.5. The number of methoxy groups -OCH3 is 1. The van der Waals surface area contributed by atoms with Crippen LogP contribution in [0.1, 0.15) is 25.7 Å². The summed E-state index contributed by atoms with van der Waals surface area (Å²) in [7, 11) is 1.58. The molecular formula is C14H19N3O2S. The lowest BCUT2D eigenvalue weighted by Crippen LogP contribution is -2.55. The van der Waals surface area contributed by atoms with Crippen molar-refractivity contribution in [3.8, 4) is 5.75 Å². The largest absolute Gasteiger partial charge is 0.497 e. The second-order valence-corrected chi connectivity index (χ2v) is 5.40. The first-order valence-corrected chi connectivity index (χ1v) is 7.00. The summed E-state index contributed by atoms with van der Waals surface area (Å²) in [5.41, 5.74) is 5.91. The second-order valence-electron chi connectivity index (χ2n) is 4.96. The van der Waals surface area contributed by atoms with Gasteiger partial charge in [-0.05, 0) is 25.0 Å². The number of rotatable bonds is 4. The van der Waals surface area contributed by atoms with Crippen LogP contribution in [0.25, 0.3) is 0 Å². The molecule has 0 atom stereocenters. The molecule has 2 amide bonds. The minimum Gasteiger partial charge on any atom is -0.497 e. The number of nitrogens with two attached hydrogens (primary N) is 1. The highest BCUT2D eigenvalue weighted by molar-refractivity contribution is 7.80. The van der Waals surface area contributed by atoms with Crippen LogP contribution in [0.3, 0.4) is 0 Å². The van der Waals surface area contributed by atoms with Crippen molar-refractivity contribution in [3.63, 3.8) is 0 Å². The van der Waals surface area contributed by atoms with Gasteiger partial charge in [-0.25, -0.2) is 4.79 Å². The van der Waals surface area contributed by atoms with E-state index in [1.807, 2.05) is 12.1 Å². The van der Waals surface area contributed by atoms with Gasteiger partial charge in [0, 0.05) is 11.8 Å². The molecule has 1 aliphatic rings. The normalized spacial score (nSPS) is 16.4. The molecule has 0 unspecified atom stereocenters. The van der Waals surface area contributed by atoms with E-state index >= 15 is 0 Å². The van der Waals surface area contributed by atoms with Gasteiger partial charge in [-0.3, -0.25) is 0 Å². The molecule has 1 aromatic carbocycles. The molecular weight excluding hydrogens is 274 g/mol. The molecule has 1 saturated carbocycles. The van der Waals surface area contributed by atoms with Gasteiger partial charge in [0.25, 0.3) is 0 Å². The molecule has 0 bridgehead atoms. The van der Waals surface area contributed by atoms with Crippen LogP contribution in [0, 0.1) is 0 Å². The lowest BCUT2D eigenvalue weighted by atomic mass is 9.98. The van der Waals surface area contributed by atoms with E-state index in [0.29, 0.717) is 16.4 Å². The van der Waals surface area contributed by atoms with Gasteiger partial charge in [0.2, 0.25) is 0 Å². The summed E-state index contributed by atoms with van der Waals surface area (Å²) in [5.74, 6) is 0.688. The van der Waals surface area contributed by atoms with Gasteiger partial charge in [0.1, 0.15) is 5.75 Å². The average molecular weight is 293 g/mol. The molecule has 1 aliphatic carbocycles. The van der Waals surface area contributed by atoms with E-state index in [1.54, 1.807) is 19.2 Å². The summed E-state index contributed by atoms with van der Waals surface area (Å²) < 4.78 is 5.12. The number of ether oxygens (including phenoxy) is 1. The summed E-state index contributed by atoms with van der Waals surface area (Å²) in [6, 6.07) is 6.88. The topological polar surface area (TPSA) is 76.4 Å². The van der Waals surface area contributed by atoms with Crippen molar-refractivity contribution in [2.24, 2.45) is 5.73 Å². The molecule has 0 heterocycles. The number of carbonyl (C=O) groups excluding carboxylic acids is 1. The second kappa shape index (κ2) is 6.09. The van der Waals surface area contributed by atoms with Crippen molar-refractivity contribution < 1.29 is 9.53 Å². The summed E-state index contributed by atoms with van der Waals surface area (Å²) in [5, 5.41) is 5.70. The fourth-order valence-electron chi connectivity index (χ4n) is 2.49. The molecule has 0 spiro atoms. The van der Waals surface area contributed by atoms with Crippen molar-refractivity contribution in [2.45, 2.75) is 31.2 Å². The molecule has 0 aliphatic heterocycles. The standard InChI is InChI=1S/C14H19N3O2S/c1-19-11-6-4-5-10(9-11)16-13(18)17-14(12(15)20)7-2-3-8-14/h4-6,9H,2-3,7-8H2,1H3,(H2,15,20)(H2,16,17,18). The maximum Gasteiger partial charge on any atom is 0.320 e. The summed E-state index contributed by atoms with van der Waals surface area (Å²) >= 11 is 5.11. The van der Waals surface area contributed by atoms with Gasteiger partial charge in [-0.15, -0.1) is 0 Å². The van der Waals surface area contributed by atoms with Crippen molar-refractivity contribution >= 4 is 28.9 Å². The molecule has 20 heavy (non-hydrogen) atoms. The SMILES string of the molecule is COc1cccc(NC(=O)NC2(C(N)=S)CCCC2)c1. The van der Waals surface area contributed by atoms with Crippen LogP contribution >= 0.6 is 12.2 Å². The van der Waals surface area contributed by atoms with E-state index in [2.05, 4.69) is 10.6 Å². The number of thiocarbonyl (C=S) groups is 1. The van der Waals surface area contributed by atoms with Gasteiger partial charge in [-0.1, -0.05) is 31.1 Å². The van der Waals surface area contributed by atoms with Gasteiger partial charge in [0.05, 0.1) is 17.6 Å². The summed E-state index contributed by atoms with van der Waals surface area (Å²) in [6.45, 7) is 0. The molecule has 1 fully saturated rings. The van der Waals surface area contributed by atoms with Crippen LogP contribution in [0.4, 0.5) is 10.5 Å². The quantitative estimate of drug-likeness (QED) is 0.745. The highest BCUT2D eigenvalue weighted by atomic mass is 32.1. The lowest BCUT2D eigenvalue weighted by molar-refractivity contribution is 0.245. The Kier molecular flexibility index (Phi) is 4.44. The predicted molar refractivity (Wildman–Crippen MR) is 83.1 cm³/mol. The molecule has 6 heteroatoms. The lowest BCUT2D eigenvalue weighted by Gasteiger charge is -2.29. The van der Waals surface area contributed by atoms with E-state index in [4.69, 9.17) is 22.7 Å². The number of carbonyl (C=O) groups is 1. The molecule has 1 aromatic rings. The highest BCUT2D eigenvalue weighted by Crippen LogP contribution is 2.30. The molecule has 0 saturated heterocycles. The zero-order chi connectivity index (χ0) is 14.6. The first-order valence-electron chi connectivity index (χ1n) is 6.59. The zero-order valence-electron chi connectivity index (χ0n) is 11.4. The number of benzene rings is 1. The number of hydrogen-bond donors (Lipinski definition) is 3. The molecule has 0 aromatic heterocycles. The van der Waals surface area contributed by atoms with E-state index in [9.17, 15) is 4.79 Å². The van der Waals surface area contributed by atoms with Crippen molar-refractivity contribution in [2.75, 3.05) is 12.4 Å². The molecule has 108 valence electrons. The predicted octanol–water partition coefficient (Wildman–Crippen LogP) is 2.42. The van der Waals surface area contributed by atoms with Gasteiger partial charge < -0.3 is 21.1 Å². The van der Waals surface area contributed by atoms with Crippen LogP contribution in [-0.2, 0) is 0 Å². The maximum absolute atomic E-state index is 12.1. The Balaban J connectivity index is 2.02. The zero-order valence-corrected chi connectivity index (χ0v) is 12.3. The third kappa shape index (κ3) is 3.19. The van der Waals surface area contributed by atoms with Gasteiger partial charge in [-0.2, -0.15) is 0 Å². The van der Waals surface area contributed by atoms with Crippen molar-refractivity contribution in [3.05, 3.63) is 24.3 Å². The van der Waals surface area contributed by atoms with Crippen molar-refractivity contribution in [1.29, 1.82) is 0 Å². The Morgan fingerprint density at radius 3 is 2.70 bits per heavy atom. The monoisotopic (exact) mass is 293 g/mol. The van der Waals surface area contributed by atoms with Crippen LogP contribution in [-0.4, -0.2) is 23.7 Å². The molecule has 5 nitrogen and oxygen atoms in total. The number of anilines is 1. The Labute approximate surface area is 123 Å². The minimum absolute atomic E-state index is 0.298. The molecule has 4 N–H and O–H groups in total. The summed E-state index contributed by atoms with van der Waals surface area (Å²) in [6.07, 6.45) is 3.65. The third-order valence-electron chi connectivity index (χ3n) is 3.61. The van der Waals surface area contributed by atoms with E-state index in [0.717, 1.165) is 25.7 Å². The van der Waals surface area contributed by atoms with Crippen LogP contribution in [0.5, 0.6) is 5.75 Å². The van der Waals surface area contributed by atoms with E-state index in [1.165, 1.54) is 0 Å². The van der Waals surface area contributed by atoms with Crippen LogP contribution in [0.2, 0.25) is 0 Å². The van der Waals surface area contributed by atoms with Gasteiger partial charge in [0.15, 0.2) is 0 Å². The first-order chi connectivity index (χ1) is 9.55. The van der Waals surface area contributed by atoms with Gasteiger partial charge >= 0.3 is 6.03 Å². The number of amides is 2. The number of nitrogens with one attached hydrogen (secondary N) is 2.